The standard InChI is InChI=1S/C48H30N8/c1-3-33(31-11-17-49-18-12-31)23-34(4-1)41-26-42(45-6-2-5-44(53-45)32-13-19-50-20-14-32)28-43(27-41)48-55-46(37-7-9-39-29-51-21-15-35(39)24-37)54-47(56-48)38-8-10-40-30-52-22-16-36(40)25-38/h1-30H. The third-order valence-electron chi connectivity index (χ3n) is 9.85. The molecule has 0 N–H and O–H groups in total. The lowest BCUT2D eigenvalue weighted by Crippen LogP contribution is -2.01. The van der Waals surface area contributed by atoms with Crippen molar-refractivity contribution in [2.75, 3.05) is 0 Å². The van der Waals surface area contributed by atoms with Crippen molar-refractivity contribution in [2.24, 2.45) is 0 Å². The van der Waals surface area contributed by atoms with Crippen LogP contribution >= 0.6 is 0 Å². The van der Waals surface area contributed by atoms with Gasteiger partial charge in [0, 0.05) is 88.2 Å². The molecular formula is C48H30N8. The van der Waals surface area contributed by atoms with Gasteiger partial charge in [0.05, 0.1) is 11.4 Å². The molecule has 8 nitrogen and oxygen atoms in total. The summed E-state index contributed by atoms with van der Waals surface area (Å²) in [5.74, 6) is 1.69. The van der Waals surface area contributed by atoms with Gasteiger partial charge in [0.15, 0.2) is 17.5 Å². The van der Waals surface area contributed by atoms with Crippen LogP contribution in [-0.2, 0) is 0 Å². The fourth-order valence-electron chi connectivity index (χ4n) is 6.98. The highest BCUT2D eigenvalue weighted by Gasteiger charge is 2.17. The molecule has 6 heterocycles. The molecule has 0 aliphatic rings. The van der Waals surface area contributed by atoms with E-state index in [0.29, 0.717) is 17.5 Å². The Kier molecular flexibility index (Phi) is 8.31. The molecule has 0 aliphatic heterocycles. The van der Waals surface area contributed by atoms with Crippen LogP contribution in [0.15, 0.2) is 183 Å². The minimum Gasteiger partial charge on any atom is -0.265 e. The van der Waals surface area contributed by atoms with Crippen molar-refractivity contribution in [1.82, 2.24) is 39.9 Å². The number of fused-ring (bicyclic) bond motifs is 2. The molecule has 10 aromatic rings. The molecule has 0 fully saturated rings. The normalized spacial score (nSPS) is 11.2. The fourth-order valence-corrected chi connectivity index (χ4v) is 6.98. The minimum absolute atomic E-state index is 0.549. The molecule has 0 saturated carbocycles. The number of pyridine rings is 5. The summed E-state index contributed by atoms with van der Waals surface area (Å²) < 4.78 is 0. The van der Waals surface area contributed by atoms with Crippen LogP contribution in [-0.4, -0.2) is 39.9 Å². The zero-order valence-electron chi connectivity index (χ0n) is 29.9. The molecule has 10 rings (SSSR count). The third kappa shape index (κ3) is 6.52. The van der Waals surface area contributed by atoms with Gasteiger partial charge in [-0.1, -0.05) is 48.5 Å². The molecule has 0 atom stereocenters. The molecule has 0 radical (unpaired) electrons. The van der Waals surface area contributed by atoms with E-state index in [2.05, 4.69) is 86.7 Å². The molecule has 0 unspecified atom stereocenters. The van der Waals surface area contributed by atoms with Gasteiger partial charge < -0.3 is 0 Å². The summed E-state index contributed by atoms with van der Waals surface area (Å²) in [4.78, 5) is 37.6. The average Bonchev–Trinajstić information content (AvgIpc) is 3.29. The summed E-state index contributed by atoms with van der Waals surface area (Å²) in [5.41, 5.74) is 10.5. The Labute approximate surface area is 322 Å². The van der Waals surface area contributed by atoms with E-state index in [1.807, 2.05) is 91.5 Å². The fraction of sp³-hybridized carbons (Fsp3) is 0. The van der Waals surface area contributed by atoms with Crippen molar-refractivity contribution in [3.63, 3.8) is 0 Å². The number of benzene rings is 4. The van der Waals surface area contributed by atoms with E-state index in [0.717, 1.165) is 83.0 Å². The Morgan fingerprint density at radius 2 is 0.714 bits per heavy atom. The summed E-state index contributed by atoms with van der Waals surface area (Å²) in [7, 11) is 0. The SMILES string of the molecule is c1cc(-c2ccncc2)cc(-c2cc(-c3cccc(-c4ccncc4)n3)cc(-c3nc(-c4ccc5cnccc5c4)nc(-c4ccc5cnccc5c4)n3)c2)c1. The maximum atomic E-state index is 5.19. The molecule has 6 aromatic heterocycles. The summed E-state index contributed by atoms with van der Waals surface area (Å²) in [6, 6.07) is 45.5. The van der Waals surface area contributed by atoms with Gasteiger partial charge in [0.25, 0.3) is 0 Å². The Hall–Kier alpha value is -7.84. The van der Waals surface area contributed by atoms with Gasteiger partial charge in [0.1, 0.15) is 0 Å². The molecule has 8 heteroatoms. The second-order valence-electron chi connectivity index (χ2n) is 13.4. The zero-order chi connectivity index (χ0) is 37.3. The minimum atomic E-state index is 0.549. The van der Waals surface area contributed by atoms with Crippen molar-refractivity contribution in [2.45, 2.75) is 0 Å². The van der Waals surface area contributed by atoms with E-state index >= 15 is 0 Å². The Morgan fingerprint density at radius 1 is 0.250 bits per heavy atom. The first-order valence-corrected chi connectivity index (χ1v) is 18.2. The summed E-state index contributed by atoms with van der Waals surface area (Å²) >= 11 is 0. The molecular weight excluding hydrogens is 689 g/mol. The Balaban J connectivity index is 1.19. The lowest BCUT2D eigenvalue weighted by atomic mass is 9.95. The van der Waals surface area contributed by atoms with Crippen LogP contribution in [0, 0.1) is 0 Å². The lowest BCUT2D eigenvalue weighted by Gasteiger charge is -2.13. The number of hydrogen-bond donors (Lipinski definition) is 0. The van der Waals surface area contributed by atoms with Gasteiger partial charge in [-0.3, -0.25) is 19.9 Å². The lowest BCUT2D eigenvalue weighted by molar-refractivity contribution is 1.07. The molecule has 4 aromatic carbocycles. The predicted octanol–water partition coefficient (Wildman–Crippen LogP) is 10.8. The van der Waals surface area contributed by atoms with Gasteiger partial charge in [0.2, 0.25) is 0 Å². The van der Waals surface area contributed by atoms with Gasteiger partial charge in [-0.25, -0.2) is 19.9 Å². The van der Waals surface area contributed by atoms with Gasteiger partial charge in [-0.2, -0.15) is 0 Å². The van der Waals surface area contributed by atoms with Gasteiger partial charge in [-0.05, 0) is 118 Å². The number of hydrogen-bond acceptors (Lipinski definition) is 8. The van der Waals surface area contributed by atoms with Crippen LogP contribution in [0.25, 0.3) is 100 Å². The van der Waals surface area contributed by atoms with E-state index in [-0.39, 0.29) is 0 Å². The highest BCUT2D eigenvalue weighted by atomic mass is 15.0. The largest absolute Gasteiger partial charge is 0.265 e. The number of aromatic nitrogens is 8. The quantitative estimate of drug-likeness (QED) is 0.160. The predicted molar refractivity (Wildman–Crippen MR) is 222 cm³/mol. The van der Waals surface area contributed by atoms with Crippen molar-refractivity contribution in [3.8, 4) is 78.9 Å². The Morgan fingerprint density at radius 3 is 1.34 bits per heavy atom. The highest BCUT2D eigenvalue weighted by molar-refractivity contribution is 5.88. The van der Waals surface area contributed by atoms with E-state index in [1.165, 1.54) is 0 Å². The smallest absolute Gasteiger partial charge is 0.164 e. The van der Waals surface area contributed by atoms with E-state index < -0.39 is 0 Å². The van der Waals surface area contributed by atoms with E-state index in [1.54, 1.807) is 24.8 Å². The summed E-state index contributed by atoms with van der Waals surface area (Å²) in [6.45, 7) is 0. The van der Waals surface area contributed by atoms with E-state index in [9.17, 15) is 0 Å². The maximum absolute atomic E-state index is 5.19. The van der Waals surface area contributed by atoms with Crippen molar-refractivity contribution in [1.29, 1.82) is 0 Å². The second kappa shape index (κ2) is 14.2. The van der Waals surface area contributed by atoms with Crippen LogP contribution < -0.4 is 0 Å². The average molecular weight is 719 g/mol. The summed E-state index contributed by atoms with van der Waals surface area (Å²) in [5, 5.41) is 4.19. The molecule has 0 saturated heterocycles. The number of nitrogens with zero attached hydrogens (tertiary/aromatic N) is 8. The van der Waals surface area contributed by atoms with Crippen molar-refractivity contribution >= 4 is 21.5 Å². The first-order chi connectivity index (χ1) is 27.7. The van der Waals surface area contributed by atoms with Crippen LogP contribution in [0.3, 0.4) is 0 Å². The molecule has 0 bridgehead atoms. The molecule has 56 heavy (non-hydrogen) atoms. The first-order valence-electron chi connectivity index (χ1n) is 18.2. The first kappa shape index (κ1) is 32.8. The van der Waals surface area contributed by atoms with Crippen LogP contribution in [0.2, 0.25) is 0 Å². The van der Waals surface area contributed by atoms with Crippen LogP contribution in [0.1, 0.15) is 0 Å². The Bertz CT molecular complexity index is 2840. The second-order valence-corrected chi connectivity index (χ2v) is 13.4. The van der Waals surface area contributed by atoms with Crippen LogP contribution in [0.4, 0.5) is 0 Å². The monoisotopic (exact) mass is 718 g/mol. The molecule has 0 aliphatic carbocycles. The van der Waals surface area contributed by atoms with Crippen molar-refractivity contribution < 1.29 is 0 Å². The maximum Gasteiger partial charge on any atom is 0.164 e. The molecule has 0 amide bonds. The number of rotatable bonds is 7. The zero-order valence-corrected chi connectivity index (χ0v) is 29.9. The highest BCUT2D eigenvalue weighted by Crippen LogP contribution is 2.35. The van der Waals surface area contributed by atoms with Crippen molar-refractivity contribution in [3.05, 3.63) is 183 Å². The third-order valence-corrected chi connectivity index (χ3v) is 9.85. The van der Waals surface area contributed by atoms with Crippen LogP contribution in [0.5, 0.6) is 0 Å². The molecule has 0 spiro atoms. The van der Waals surface area contributed by atoms with Gasteiger partial charge >= 0.3 is 0 Å². The topological polar surface area (TPSA) is 103 Å². The van der Waals surface area contributed by atoms with Gasteiger partial charge in [-0.15, -0.1) is 0 Å². The summed E-state index contributed by atoms with van der Waals surface area (Å²) in [6.07, 6.45) is 14.5. The van der Waals surface area contributed by atoms with E-state index in [4.69, 9.17) is 19.9 Å². The molecule has 262 valence electrons.